The average molecular weight is 397 g/mol. The SMILES string of the molecule is O=C(C=CC1=CC=CC(O)(NS(=O)(=O)c2ccc(O)cc2)C1)c1ccccc1. The third kappa shape index (κ3) is 4.83. The first-order valence-corrected chi connectivity index (χ1v) is 9.97. The maximum absolute atomic E-state index is 12.5. The molecule has 0 radical (unpaired) electrons. The summed E-state index contributed by atoms with van der Waals surface area (Å²) in [4.78, 5) is 12.1. The van der Waals surface area contributed by atoms with E-state index in [1.165, 1.54) is 42.5 Å². The number of hydrogen-bond donors (Lipinski definition) is 3. The van der Waals surface area contributed by atoms with Gasteiger partial charge >= 0.3 is 0 Å². The monoisotopic (exact) mass is 397 g/mol. The fourth-order valence-electron chi connectivity index (χ4n) is 2.74. The number of hydrogen-bond acceptors (Lipinski definition) is 5. The summed E-state index contributed by atoms with van der Waals surface area (Å²) in [7, 11) is -4.01. The van der Waals surface area contributed by atoms with Crippen LogP contribution in [0.5, 0.6) is 5.75 Å². The topological polar surface area (TPSA) is 104 Å². The lowest BCUT2D eigenvalue weighted by Gasteiger charge is -2.28. The van der Waals surface area contributed by atoms with Gasteiger partial charge in [0, 0.05) is 12.0 Å². The van der Waals surface area contributed by atoms with E-state index in [2.05, 4.69) is 4.72 Å². The molecule has 3 rings (SSSR count). The van der Waals surface area contributed by atoms with E-state index in [1.807, 2.05) is 6.07 Å². The van der Waals surface area contributed by atoms with E-state index >= 15 is 0 Å². The third-order valence-corrected chi connectivity index (χ3v) is 5.64. The zero-order valence-corrected chi connectivity index (χ0v) is 15.6. The summed E-state index contributed by atoms with van der Waals surface area (Å²) in [5.41, 5.74) is -0.710. The van der Waals surface area contributed by atoms with Gasteiger partial charge in [-0.15, -0.1) is 0 Å². The van der Waals surface area contributed by atoms with E-state index in [4.69, 9.17) is 0 Å². The highest BCUT2D eigenvalue weighted by Gasteiger charge is 2.32. The highest BCUT2D eigenvalue weighted by molar-refractivity contribution is 7.89. The molecule has 2 aromatic rings. The summed E-state index contributed by atoms with van der Waals surface area (Å²) in [6.45, 7) is 0. The van der Waals surface area contributed by atoms with Crippen LogP contribution in [0.25, 0.3) is 0 Å². The van der Waals surface area contributed by atoms with Crippen molar-refractivity contribution in [2.75, 3.05) is 0 Å². The molecule has 0 aliphatic heterocycles. The van der Waals surface area contributed by atoms with E-state index in [-0.39, 0.29) is 22.8 Å². The number of ketones is 1. The molecule has 2 aromatic carbocycles. The summed E-state index contributed by atoms with van der Waals surface area (Å²) in [5, 5.41) is 20.0. The number of aliphatic hydroxyl groups is 1. The maximum Gasteiger partial charge on any atom is 0.243 e. The third-order valence-electron chi connectivity index (χ3n) is 4.12. The van der Waals surface area contributed by atoms with Crippen molar-refractivity contribution in [3.63, 3.8) is 0 Å². The average Bonchev–Trinajstić information content (AvgIpc) is 2.66. The second-order valence-electron chi connectivity index (χ2n) is 6.36. The zero-order valence-electron chi connectivity index (χ0n) is 14.8. The quantitative estimate of drug-likeness (QED) is 0.395. The summed E-state index contributed by atoms with van der Waals surface area (Å²) < 4.78 is 27.2. The van der Waals surface area contributed by atoms with Gasteiger partial charge in [0.05, 0.1) is 4.90 Å². The second-order valence-corrected chi connectivity index (χ2v) is 8.05. The number of aromatic hydroxyl groups is 1. The minimum Gasteiger partial charge on any atom is -0.508 e. The van der Waals surface area contributed by atoms with Gasteiger partial charge in [0.25, 0.3) is 0 Å². The van der Waals surface area contributed by atoms with Gasteiger partial charge in [-0.25, -0.2) is 8.42 Å². The smallest absolute Gasteiger partial charge is 0.243 e. The minimum atomic E-state index is -4.01. The van der Waals surface area contributed by atoms with Crippen molar-refractivity contribution in [2.24, 2.45) is 0 Å². The van der Waals surface area contributed by atoms with Gasteiger partial charge in [0.2, 0.25) is 10.0 Å². The van der Waals surface area contributed by atoms with Crippen LogP contribution in [-0.2, 0) is 10.0 Å². The lowest BCUT2D eigenvalue weighted by Crippen LogP contribution is -2.47. The van der Waals surface area contributed by atoms with Crippen molar-refractivity contribution in [3.8, 4) is 5.75 Å². The van der Waals surface area contributed by atoms with Crippen LogP contribution in [0.15, 0.2) is 95.4 Å². The van der Waals surface area contributed by atoms with Crippen molar-refractivity contribution < 1.29 is 23.4 Å². The molecule has 144 valence electrons. The van der Waals surface area contributed by atoms with Crippen LogP contribution in [0.1, 0.15) is 16.8 Å². The molecule has 1 aliphatic rings. The number of benzene rings is 2. The number of phenolic OH excluding ortho intramolecular Hbond substituents is 1. The van der Waals surface area contributed by atoms with Crippen LogP contribution in [0.3, 0.4) is 0 Å². The Morgan fingerprint density at radius 2 is 1.75 bits per heavy atom. The number of phenols is 1. The molecule has 1 unspecified atom stereocenters. The van der Waals surface area contributed by atoms with Crippen molar-refractivity contribution in [1.82, 2.24) is 4.72 Å². The Bertz CT molecular complexity index is 1050. The van der Waals surface area contributed by atoms with Crippen LogP contribution in [0, 0.1) is 0 Å². The maximum atomic E-state index is 12.5. The van der Waals surface area contributed by atoms with Crippen LogP contribution in [0.4, 0.5) is 0 Å². The number of nitrogens with one attached hydrogen (secondary N) is 1. The van der Waals surface area contributed by atoms with E-state index in [0.29, 0.717) is 11.1 Å². The lowest BCUT2D eigenvalue weighted by atomic mass is 9.97. The van der Waals surface area contributed by atoms with Gasteiger partial charge in [-0.3, -0.25) is 4.79 Å². The number of sulfonamides is 1. The second kappa shape index (κ2) is 7.93. The standard InChI is InChI=1S/C21H19NO5S/c23-18-9-11-19(12-10-18)28(26,27)22-21(25)14-4-5-16(15-21)8-13-20(24)17-6-2-1-3-7-17/h1-14,22-23,25H,15H2. The highest BCUT2D eigenvalue weighted by Crippen LogP contribution is 2.25. The molecule has 0 saturated heterocycles. The zero-order chi connectivity index (χ0) is 20.2. The Balaban J connectivity index is 1.72. The van der Waals surface area contributed by atoms with Crippen LogP contribution >= 0.6 is 0 Å². The Morgan fingerprint density at radius 3 is 2.43 bits per heavy atom. The number of allylic oxidation sites excluding steroid dienone is 4. The Labute approximate surface area is 163 Å². The lowest BCUT2D eigenvalue weighted by molar-refractivity contribution is 0.0792. The van der Waals surface area contributed by atoms with Crippen molar-refractivity contribution in [2.45, 2.75) is 17.0 Å². The molecule has 0 heterocycles. The van der Waals surface area contributed by atoms with Gasteiger partial charge in [-0.2, -0.15) is 4.72 Å². The minimum absolute atomic E-state index is 0.0423. The van der Waals surface area contributed by atoms with Crippen molar-refractivity contribution >= 4 is 15.8 Å². The van der Waals surface area contributed by atoms with Crippen molar-refractivity contribution in [1.29, 1.82) is 0 Å². The van der Waals surface area contributed by atoms with Crippen LogP contribution in [0.2, 0.25) is 0 Å². The normalized spacial score (nSPS) is 19.5. The molecule has 0 saturated carbocycles. The molecule has 1 atom stereocenters. The first-order chi connectivity index (χ1) is 13.3. The van der Waals surface area contributed by atoms with E-state index in [1.54, 1.807) is 36.4 Å². The van der Waals surface area contributed by atoms with Gasteiger partial charge in [-0.05, 0) is 42.0 Å². The summed E-state index contributed by atoms with van der Waals surface area (Å²) >= 11 is 0. The number of carbonyl (C=O) groups is 1. The summed E-state index contributed by atoms with van der Waals surface area (Å²) in [6.07, 6.45) is 7.45. The van der Waals surface area contributed by atoms with Gasteiger partial charge in [0.1, 0.15) is 5.75 Å². The van der Waals surface area contributed by atoms with Gasteiger partial charge in [0.15, 0.2) is 11.5 Å². The van der Waals surface area contributed by atoms with E-state index in [9.17, 15) is 23.4 Å². The predicted octanol–water partition coefficient (Wildman–Crippen LogP) is 2.68. The summed E-state index contributed by atoms with van der Waals surface area (Å²) in [6, 6.07) is 13.7. The Morgan fingerprint density at radius 1 is 1.07 bits per heavy atom. The molecule has 0 spiro atoms. The molecular formula is C21H19NO5S. The fraction of sp³-hybridized carbons (Fsp3) is 0.0952. The Hall–Kier alpha value is -3.00. The molecule has 28 heavy (non-hydrogen) atoms. The van der Waals surface area contributed by atoms with Crippen LogP contribution in [-0.4, -0.2) is 30.1 Å². The first kappa shape index (κ1) is 19.8. The number of carbonyl (C=O) groups excluding carboxylic acids is 1. The molecular weight excluding hydrogens is 378 g/mol. The Kier molecular flexibility index (Phi) is 5.60. The highest BCUT2D eigenvalue weighted by atomic mass is 32.2. The number of rotatable bonds is 6. The molecule has 6 nitrogen and oxygen atoms in total. The predicted molar refractivity (Wildman–Crippen MR) is 105 cm³/mol. The largest absolute Gasteiger partial charge is 0.508 e. The van der Waals surface area contributed by atoms with E-state index in [0.717, 1.165) is 0 Å². The molecule has 0 aromatic heterocycles. The van der Waals surface area contributed by atoms with Gasteiger partial charge in [-0.1, -0.05) is 48.6 Å². The molecule has 1 aliphatic carbocycles. The van der Waals surface area contributed by atoms with E-state index < -0.39 is 15.7 Å². The molecule has 0 bridgehead atoms. The summed E-state index contributed by atoms with van der Waals surface area (Å²) in [5.74, 6) is -0.252. The first-order valence-electron chi connectivity index (χ1n) is 8.49. The molecule has 0 fully saturated rings. The fourth-order valence-corrected chi connectivity index (χ4v) is 3.96. The van der Waals surface area contributed by atoms with Crippen molar-refractivity contribution in [3.05, 3.63) is 96.1 Å². The molecule has 3 N–H and O–H groups in total. The van der Waals surface area contributed by atoms with Crippen LogP contribution < -0.4 is 4.72 Å². The molecule has 0 amide bonds. The molecule has 7 heteroatoms. The van der Waals surface area contributed by atoms with Gasteiger partial charge < -0.3 is 10.2 Å².